The largest absolute Gasteiger partial charge is 0.383 e. The Labute approximate surface area is 195 Å². The maximum Gasteiger partial charge on any atom is 0.0975 e. The Morgan fingerprint density at radius 1 is 1.22 bits per heavy atom. The molecule has 32 heavy (non-hydrogen) atoms. The molecule has 4 rings (SSSR count). The molecule has 3 fully saturated rings. The molecule has 1 aromatic rings. The summed E-state index contributed by atoms with van der Waals surface area (Å²) in [6.45, 7) is 25.2. The lowest BCUT2D eigenvalue weighted by atomic mass is 9.84. The van der Waals surface area contributed by atoms with Crippen LogP contribution in [0.1, 0.15) is 84.9 Å². The van der Waals surface area contributed by atoms with Crippen molar-refractivity contribution in [3.8, 4) is 0 Å². The number of likely N-dealkylation sites (tertiary alicyclic amines) is 2. The number of rotatable bonds is 7. The first-order valence-electron chi connectivity index (χ1n) is 12.4. The van der Waals surface area contributed by atoms with Gasteiger partial charge in [0.15, 0.2) is 0 Å². The highest BCUT2D eigenvalue weighted by Gasteiger charge is 2.43. The van der Waals surface area contributed by atoms with E-state index < -0.39 is 0 Å². The first-order valence-corrected chi connectivity index (χ1v) is 12.4. The number of likely N-dealkylation sites (N-methyl/N-ethyl adjacent to an activating group) is 1. The molecule has 2 unspecified atom stereocenters. The summed E-state index contributed by atoms with van der Waals surface area (Å²) in [4.78, 5) is 4.95. The molecule has 4 atom stereocenters. The molecule has 3 aliphatic rings. The lowest BCUT2D eigenvalue weighted by molar-refractivity contribution is 0.180. The zero-order chi connectivity index (χ0) is 23.4. The van der Waals surface area contributed by atoms with E-state index in [4.69, 9.17) is 0 Å². The fraction of sp³-hybridized carbons (Fsp3) is 0.769. The molecule has 0 bridgehead atoms. The van der Waals surface area contributed by atoms with Gasteiger partial charge in [-0.05, 0) is 57.9 Å². The summed E-state index contributed by atoms with van der Waals surface area (Å²) >= 11 is 0. The van der Waals surface area contributed by atoms with Gasteiger partial charge in [-0.15, -0.1) is 5.10 Å². The molecule has 1 aliphatic carbocycles. The highest BCUT2D eigenvalue weighted by atomic mass is 15.4. The molecular weight excluding hydrogens is 396 g/mol. The van der Waals surface area contributed by atoms with Crippen LogP contribution in [0.2, 0.25) is 0 Å². The van der Waals surface area contributed by atoms with E-state index in [1.54, 1.807) is 0 Å². The summed E-state index contributed by atoms with van der Waals surface area (Å²) in [6.07, 6.45) is 6.90. The predicted octanol–water partition coefficient (Wildman–Crippen LogP) is 4.55. The van der Waals surface area contributed by atoms with Gasteiger partial charge in [0, 0.05) is 48.2 Å². The van der Waals surface area contributed by atoms with E-state index in [1.165, 1.54) is 12.8 Å². The predicted molar refractivity (Wildman–Crippen MR) is 131 cm³/mol. The van der Waals surface area contributed by atoms with Crippen LogP contribution >= 0.6 is 0 Å². The standard InChI is InChI=1S/C26H44N6/c1-17-14-22(18(2)27-23-12-13-30(9)26(23,7)8)31(15-17)19(3)24(25(4,5)6)32-16-21(28-29-32)20-10-11-20/h16-17,20,22-24,27H,2-3,10-15H2,1,4-9H3/t17?,22-,23?,24+/m0/s1. The van der Waals surface area contributed by atoms with Gasteiger partial charge in [0.05, 0.1) is 17.8 Å². The third-order valence-corrected chi connectivity index (χ3v) is 8.15. The zero-order valence-electron chi connectivity index (χ0n) is 21.4. The van der Waals surface area contributed by atoms with Crippen molar-refractivity contribution in [1.82, 2.24) is 30.1 Å². The monoisotopic (exact) mass is 440 g/mol. The molecule has 0 amide bonds. The Morgan fingerprint density at radius 3 is 2.47 bits per heavy atom. The van der Waals surface area contributed by atoms with Crippen LogP contribution in [0.25, 0.3) is 0 Å². The fourth-order valence-electron chi connectivity index (χ4n) is 5.68. The van der Waals surface area contributed by atoms with Crippen LogP contribution in [0.15, 0.2) is 30.7 Å². The van der Waals surface area contributed by atoms with Crippen LogP contribution in [-0.4, -0.2) is 62.6 Å². The number of aromatic nitrogens is 3. The second-order valence-electron chi connectivity index (χ2n) is 12.3. The Balaban J connectivity index is 1.55. The van der Waals surface area contributed by atoms with Gasteiger partial charge in [-0.2, -0.15) is 0 Å². The molecule has 6 nitrogen and oxygen atoms in total. The first-order chi connectivity index (χ1) is 14.9. The van der Waals surface area contributed by atoms with Crippen molar-refractivity contribution in [3.63, 3.8) is 0 Å². The average molecular weight is 441 g/mol. The second kappa shape index (κ2) is 8.19. The topological polar surface area (TPSA) is 49.2 Å². The molecule has 178 valence electrons. The average Bonchev–Trinajstić information content (AvgIpc) is 3.21. The van der Waals surface area contributed by atoms with Crippen LogP contribution in [0, 0.1) is 11.3 Å². The Hall–Kier alpha value is -1.82. The van der Waals surface area contributed by atoms with Crippen LogP contribution in [0.5, 0.6) is 0 Å². The summed E-state index contributed by atoms with van der Waals surface area (Å²) in [6, 6.07) is 0.744. The zero-order valence-corrected chi connectivity index (χ0v) is 21.4. The minimum atomic E-state index is -0.0209. The summed E-state index contributed by atoms with van der Waals surface area (Å²) in [7, 11) is 2.22. The minimum absolute atomic E-state index is 0.0209. The molecule has 1 N–H and O–H groups in total. The molecular formula is C26H44N6. The maximum atomic E-state index is 4.65. The third kappa shape index (κ3) is 4.35. The molecule has 2 aliphatic heterocycles. The van der Waals surface area contributed by atoms with Gasteiger partial charge in [-0.3, -0.25) is 4.90 Å². The highest BCUT2D eigenvalue weighted by molar-refractivity contribution is 5.20. The fourth-order valence-corrected chi connectivity index (χ4v) is 5.68. The summed E-state index contributed by atoms with van der Waals surface area (Å²) in [5, 5.41) is 12.9. The Kier molecular flexibility index (Phi) is 5.98. The van der Waals surface area contributed by atoms with Crippen LogP contribution in [-0.2, 0) is 0 Å². The normalized spacial score (nSPS) is 29.3. The number of allylic oxidation sites excluding steroid dienone is 1. The van der Waals surface area contributed by atoms with E-state index in [-0.39, 0.29) is 23.0 Å². The quantitative estimate of drug-likeness (QED) is 0.674. The highest BCUT2D eigenvalue weighted by Crippen LogP contribution is 2.43. The van der Waals surface area contributed by atoms with E-state index in [2.05, 4.69) is 98.1 Å². The number of nitrogens with one attached hydrogen (secondary N) is 1. The third-order valence-electron chi connectivity index (χ3n) is 8.15. The first kappa shape index (κ1) is 23.3. The molecule has 1 aromatic heterocycles. The van der Waals surface area contributed by atoms with Gasteiger partial charge in [-0.25, -0.2) is 4.68 Å². The van der Waals surface area contributed by atoms with Crippen molar-refractivity contribution in [2.45, 2.75) is 96.8 Å². The van der Waals surface area contributed by atoms with Crippen LogP contribution < -0.4 is 5.32 Å². The molecule has 0 spiro atoms. The van der Waals surface area contributed by atoms with Gasteiger partial charge < -0.3 is 10.2 Å². The number of nitrogens with zero attached hydrogens (tertiary/aromatic N) is 5. The van der Waals surface area contributed by atoms with Crippen molar-refractivity contribution < 1.29 is 0 Å². The van der Waals surface area contributed by atoms with Crippen LogP contribution in [0.3, 0.4) is 0 Å². The molecule has 0 aromatic carbocycles. The lowest BCUT2D eigenvalue weighted by Crippen LogP contribution is -2.51. The van der Waals surface area contributed by atoms with Crippen molar-refractivity contribution in [2.24, 2.45) is 11.3 Å². The Morgan fingerprint density at radius 2 is 1.91 bits per heavy atom. The lowest BCUT2D eigenvalue weighted by Gasteiger charge is -2.41. The van der Waals surface area contributed by atoms with E-state index in [9.17, 15) is 0 Å². The SMILES string of the molecule is C=C(NC1CCN(C)C1(C)C)[C@@H]1CC(C)CN1C(=C)[C@@H](n1cc(C2CC2)nn1)C(C)(C)C. The van der Waals surface area contributed by atoms with Gasteiger partial charge in [0.2, 0.25) is 0 Å². The molecule has 1 saturated carbocycles. The summed E-state index contributed by atoms with van der Waals surface area (Å²) in [5.74, 6) is 1.21. The molecule has 0 radical (unpaired) electrons. The summed E-state index contributed by atoms with van der Waals surface area (Å²) < 4.78 is 2.07. The van der Waals surface area contributed by atoms with Crippen molar-refractivity contribution >= 4 is 0 Å². The van der Waals surface area contributed by atoms with E-state index in [0.717, 1.165) is 43.0 Å². The van der Waals surface area contributed by atoms with Crippen molar-refractivity contribution in [1.29, 1.82) is 0 Å². The van der Waals surface area contributed by atoms with E-state index in [1.807, 2.05) is 0 Å². The summed E-state index contributed by atoms with van der Waals surface area (Å²) in [5.41, 5.74) is 3.51. The minimum Gasteiger partial charge on any atom is -0.383 e. The van der Waals surface area contributed by atoms with Gasteiger partial charge in [-0.1, -0.05) is 46.1 Å². The van der Waals surface area contributed by atoms with Crippen molar-refractivity contribution in [3.05, 3.63) is 36.4 Å². The maximum absolute atomic E-state index is 4.65. The van der Waals surface area contributed by atoms with E-state index >= 15 is 0 Å². The van der Waals surface area contributed by atoms with Gasteiger partial charge in [0.25, 0.3) is 0 Å². The van der Waals surface area contributed by atoms with Gasteiger partial charge >= 0.3 is 0 Å². The number of hydrogen-bond acceptors (Lipinski definition) is 5. The molecule has 2 saturated heterocycles. The number of hydrogen-bond donors (Lipinski definition) is 1. The molecule has 3 heterocycles. The second-order valence-corrected chi connectivity index (χ2v) is 12.3. The van der Waals surface area contributed by atoms with E-state index in [0.29, 0.717) is 17.9 Å². The molecule has 6 heteroatoms. The Bertz CT molecular complexity index is 858. The smallest absolute Gasteiger partial charge is 0.0975 e. The van der Waals surface area contributed by atoms with Crippen molar-refractivity contribution in [2.75, 3.05) is 20.1 Å². The van der Waals surface area contributed by atoms with Gasteiger partial charge in [0.1, 0.15) is 0 Å². The van der Waals surface area contributed by atoms with Crippen LogP contribution in [0.4, 0.5) is 0 Å².